The van der Waals surface area contributed by atoms with E-state index in [2.05, 4.69) is 19.1 Å². The van der Waals surface area contributed by atoms with Gasteiger partial charge in [0, 0.05) is 5.69 Å². The van der Waals surface area contributed by atoms with E-state index in [4.69, 9.17) is 5.73 Å². The first-order valence-electron chi connectivity index (χ1n) is 7.14. The Morgan fingerprint density at radius 3 is 2.53 bits per heavy atom. The summed E-state index contributed by atoms with van der Waals surface area (Å²) in [7, 11) is 0. The highest BCUT2D eigenvalue weighted by molar-refractivity contribution is 5.46. The van der Waals surface area contributed by atoms with Gasteiger partial charge in [0.2, 0.25) is 0 Å². The molecule has 0 saturated heterocycles. The SMILES string of the molecule is CCC(Cc1ccccc1N)C1CCCCC1. The van der Waals surface area contributed by atoms with Gasteiger partial charge in [0.25, 0.3) is 0 Å². The summed E-state index contributed by atoms with van der Waals surface area (Å²) in [6.07, 6.45) is 9.65. The largest absolute Gasteiger partial charge is 0.399 e. The van der Waals surface area contributed by atoms with Gasteiger partial charge in [-0.1, -0.05) is 63.6 Å². The van der Waals surface area contributed by atoms with E-state index in [1.807, 2.05) is 12.1 Å². The maximum Gasteiger partial charge on any atom is 0.0346 e. The summed E-state index contributed by atoms with van der Waals surface area (Å²) in [5.41, 5.74) is 8.38. The Balaban J connectivity index is 2.01. The van der Waals surface area contributed by atoms with Crippen molar-refractivity contribution in [1.29, 1.82) is 0 Å². The predicted octanol–water partition coefficient (Wildman–Crippen LogP) is 4.42. The van der Waals surface area contributed by atoms with E-state index in [0.717, 1.165) is 17.5 Å². The van der Waals surface area contributed by atoms with E-state index in [9.17, 15) is 0 Å². The molecule has 1 atom stereocenters. The second-order valence-corrected chi connectivity index (χ2v) is 5.47. The minimum atomic E-state index is 0.833. The van der Waals surface area contributed by atoms with Crippen LogP contribution in [0.25, 0.3) is 0 Å². The average Bonchev–Trinajstić information content (AvgIpc) is 2.39. The molecule has 0 amide bonds. The van der Waals surface area contributed by atoms with E-state index in [0.29, 0.717) is 0 Å². The molecular weight excluding hydrogens is 206 g/mol. The third-order valence-electron chi connectivity index (χ3n) is 4.38. The molecule has 1 fully saturated rings. The second kappa shape index (κ2) is 6.09. The molecule has 17 heavy (non-hydrogen) atoms. The van der Waals surface area contributed by atoms with Gasteiger partial charge < -0.3 is 5.73 Å². The van der Waals surface area contributed by atoms with Crippen molar-refractivity contribution >= 4 is 5.69 Å². The number of rotatable bonds is 4. The molecule has 0 bridgehead atoms. The Morgan fingerprint density at radius 2 is 1.88 bits per heavy atom. The smallest absolute Gasteiger partial charge is 0.0346 e. The summed E-state index contributed by atoms with van der Waals surface area (Å²) in [6, 6.07) is 8.36. The molecule has 0 heterocycles. The van der Waals surface area contributed by atoms with Crippen LogP contribution in [-0.2, 0) is 6.42 Å². The van der Waals surface area contributed by atoms with E-state index in [1.165, 1.54) is 50.5 Å². The predicted molar refractivity (Wildman–Crippen MR) is 74.9 cm³/mol. The number of anilines is 1. The third-order valence-corrected chi connectivity index (χ3v) is 4.38. The van der Waals surface area contributed by atoms with Crippen LogP contribution in [0.2, 0.25) is 0 Å². The number of benzene rings is 1. The molecule has 2 N–H and O–H groups in total. The van der Waals surface area contributed by atoms with Crippen molar-refractivity contribution in [1.82, 2.24) is 0 Å². The zero-order valence-corrected chi connectivity index (χ0v) is 11.0. The van der Waals surface area contributed by atoms with Crippen LogP contribution in [0.5, 0.6) is 0 Å². The summed E-state index contributed by atoms with van der Waals surface area (Å²) < 4.78 is 0. The van der Waals surface area contributed by atoms with Gasteiger partial charge in [0.1, 0.15) is 0 Å². The molecule has 1 saturated carbocycles. The fourth-order valence-corrected chi connectivity index (χ4v) is 3.25. The lowest BCUT2D eigenvalue weighted by Crippen LogP contribution is -2.20. The number of hydrogen-bond acceptors (Lipinski definition) is 1. The quantitative estimate of drug-likeness (QED) is 0.763. The van der Waals surface area contributed by atoms with Crippen molar-refractivity contribution < 1.29 is 0 Å². The number of nitrogens with two attached hydrogens (primary N) is 1. The van der Waals surface area contributed by atoms with E-state index >= 15 is 0 Å². The standard InChI is InChI=1S/C16H25N/c1-2-13(14-8-4-3-5-9-14)12-15-10-6-7-11-16(15)17/h6-7,10-11,13-14H,2-5,8-9,12,17H2,1H3. The molecule has 1 aliphatic carbocycles. The van der Waals surface area contributed by atoms with Crippen molar-refractivity contribution in [3.63, 3.8) is 0 Å². The highest BCUT2D eigenvalue weighted by Gasteiger charge is 2.22. The molecule has 0 aromatic heterocycles. The van der Waals surface area contributed by atoms with Crippen LogP contribution in [0.4, 0.5) is 5.69 Å². The van der Waals surface area contributed by atoms with Crippen molar-refractivity contribution in [2.24, 2.45) is 11.8 Å². The molecule has 1 aliphatic rings. The number of nitrogen functional groups attached to an aromatic ring is 1. The minimum absolute atomic E-state index is 0.833. The van der Waals surface area contributed by atoms with Gasteiger partial charge in [-0.3, -0.25) is 0 Å². The van der Waals surface area contributed by atoms with Crippen molar-refractivity contribution in [2.45, 2.75) is 51.9 Å². The van der Waals surface area contributed by atoms with Crippen LogP contribution in [0.1, 0.15) is 51.0 Å². The Bertz CT molecular complexity index is 339. The second-order valence-electron chi connectivity index (χ2n) is 5.47. The van der Waals surface area contributed by atoms with E-state index < -0.39 is 0 Å². The number of hydrogen-bond donors (Lipinski definition) is 1. The summed E-state index contributed by atoms with van der Waals surface area (Å²) >= 11 is 0. The van der Waals surface area contributed by atoms with Crippen LogP contribution in [0.3, 0.4) is 0 Å². The van der Waals surface area contributed by atoms with Crippen LogP contribution >= 0.6 is 0 Å². The lowest BCUT2D eigenvalue weighted by Gasteiger charge is -2.30. The van der Waals surface area contributed by atoms with E-state index in [-0.39, 0.29) is 0 Å². The highest BCUT2D eigenvalue weighted by Crippen LogP contribution is 2.34. The molecular formula is C16H25N. The summed E-state index contributed by atoms with van der Waals surface area (Å²) in [6.45, 7) is 2.33. The molecule has 1 nitrogen and oxygen atoms in total. The van der Waals surface area contributed by atoms with Gasteiger partial charge >= 0.3 is 0 Å². The maximum atomic E-state index is 6.05. The van der Waals surface area contributed by atoms with Crippen LogP contribution in [-0.4, -0.2) is 0 Å². The summed E-state index contributed by atoms with van der Waals surface area (Å²) in [5.74, 6) is 1.77. The minimum Gasteiger partial charge on any atom is -0.399 e. The van der Waals surface area contributed by atoms with Gasteiger partial charge in [-0.15, -0.1) is 0 Å². The van der Waals surface area contributed by atoms with Crippen LogP contribution in [0.15, 0.2) is 24.3 Å². The van der Waals surface area contributed by atoms with Gasteiger partial charge in [0.05, 0.1) is 0 Å². The van der Waals surface area contributed by atoms with Gasteiger partial charge in [-0.05, 0) is 29.9 Å². The molecule has 1 unspecified atom stereocenters. The fraction of sp³-hybridized carbons (Fsp3) is 0.625. The first kappa shape index (κ1) is 12.5. The lowest BCUT2D eigenvalue weighted by molar-refractivity contribution is 0.240. The Labute approximate surface area is 105 Å². The van der Waals surface area contributed by atoms with Gasteiger partial charge in [0.15, 0.2) is 0 Å². The lowest BCUT2D eigenvalue weighted by atomic mass is 9.76. The zero-order chi connectivity index (χ0) is 12.1. The van der Waals surface area contributed by atoms with E-state index in [1.54, 1.807) is 0 Å². The third kappa shape index (κ3) is 3.24. The van der Waals surface area contributed by atoms with Crippen LogP contribution in [0, 0.1) is 11.8 Å². The number of para-hydroxylation sites is 1. The average molecular weight is 231 g/mol. The van der Waals surface area contributed by atoms with Crippen LogP contribution < -0.4 is 5.73 Å². The Morgan fingerprint density at radius 1 is 1.18 bits per heavy atom. The van der Waals surface area contributed by atoms with Crippen molar-refractivity contribution in [3.8, 4) is 0 Å². The maximum absolute atomic E-state index is 6.05. The van der Waals surface area contributed by atoms with Gasteiger partial charge in [-0.25, -0.2) is 0 Å². The Kier molecular flexibility index (Phi) is 4.47. The molecule has 0 aliphatic heterocycles. The first-order chi connectivity index (χ1) is 8.31. The normalized spacial score (nSPS) is 19.1. The topological polar surface area (TPSA) is 26.0 Å². The molecule has 1 aromatic carbocycles. The summed E-state index contributed by atoms with van der Waals surface area (Å²) in [4.78, 5) is 0. The molecule has 0 spiro atoms. The highest BCUT2D eigenvalue weighted by atomic mass is 14.6. The zero-order valence-electron chi connectivity index (χ0n) is 11.0. The molecule has 2 rings (SSSR count). The summed E-state index contributed by atoms with van der Waals surface area (Å²) in [5, 5.41) is 0. The van der Waals surface area contributed by atoms with Crippen molar-refractivity contribution in [3.05, 3.63) is 29.8 Å². The molecule has 1 aromatic rings. The fourth-order valence-electron chi connectivity index (χ4n) is 3.25. The van der Waals surface area contributed by atoms with Crippen molar-refractivity contribution in [2.75, 3.05) is 5.73 Å². The molecule has 1 heteroatoms. The van der Waals surface area contributed by atoms with Gasteiger partial charge in [-0.2, -0.15) is 0 Å². The first-order valence-corrected chi connectivity index (χ1v) is 7.14. The molecule has 94 valence electrons. The Hall–Kier alpha value is -0.980. The molecule has 0 radical (unpaired) electrons. The monoisotopic (exact) mass is 231 g/mol.